The van der Waals surface area contributed by atoms with Crippen LogP contribution in [0.2, 0.25) is 0 Å². The number of aryl methyl sites for hydroxylation is 2. The van der Waals surface area contributed by atoms with E-state index >= 15 is 0 Å². The van der Waals surface area contributed by atoms with Crippen molar-refractivity contribution in [3.63, 3.8) is 0 Å². The van der Waals surface area contributed by atoms with Gasteiger partial charge >= 0.3 is 0 Å². The summed E-state index contributed by atoms with van der Waals surface area (Å²) >= 11 is 0. The molecule has 168 valence electrons. The molecule has 2 heterocycles. The van der Waals surface area contributed by atoms with Crippen LogP contribution in [0.1, 0.15) is 57.0 Å². The van der Waals surface area contributed by atoms with E-state index in [0.717, 1.165) is 11.1 Å². The van der Waals surface area contributed by atoms with Gasteiger partial charge in [-0.25, -0.2) is 0 Å². The van der Waals surface area contributed by atoms with E-state index in [0.29, 0.717) is 39.3 Å². The lowest BCUT2D eigenvalue weighted by Crippen LogP contribution is -2.26. The van der Waals surface area contributed by atoms with Gasteiger partial charge in [0.15, 0.2) is 0 Å². The Morgan fingerprint density at radius 1 is 1.15 bits per heavy atom. The van der Waals surface area contributed by atoms with Gasteiger partial charge in [0.25, 0.3) is 17.5 Å². The molecule has 2 amide bonds. The van der Waals surface area contributed by atoms with E-state index in [1.165, 1.54) is 0 Å². The molecule has 0 spiro atoms. The highest BCUT2D eigenvalue weighted by molar-refractivity contribution is 6.35. The number of anilines is 1. The number of H-pyrrole nitrogens is 1. The molecule has 0 unspecified atom stereocenters. The van der Waals surface area contributed by atoms with Gasteiger partial charge in [0.2, 0.25) is 0 Å². The van der Waals surface area contributed by atoms with Crippen molar-refractivity contribution in [2.75, 3.05) is 5.32 Å². The Bertz CT molecular complexity index is 1340. The molecule has 3 N–H and O–H groups in total. The zero-order valence-corrected chi connectivity index (χ0v) is 18.8. The number of carbonyl (C=O) groups is 2. The second-order valence-corrected chi connectivity index (χ2v) is 8.28. The van der Waals surface area contributed by atoms with Crippen molar-refractivity contribution in [2.24, 2.45) is 0 Å². The first-order chi connectivity index (χ1) is 15.7. The quantitative estimate of drug-likeness (QED) is 0.297. The molecule has 0 saturated carbocycles. The summed E-state index contributed by atoms with van der Waals surface area (Å²) in [6.45, 7) is 7.17. The van der Waals surface area contributed by atoms with Gasteiger partial charge in [0.05, 0.1) is 27.8 Å². The lowest BCUT2D eigenvalue weighted by atomic mass is 10.0. The maximum absolute atomic E-state index is 12.9. The Balaban J connectivity index is 1.65. The summed E-state index contributed by atoms with van der Waals surface area (Å²) in [6.07, 6.45) is 1.59. The minimum atomic E-state index is -0.441. The number of nitrogens with one attached hydrogen (secondary N) is 3. The number of amides is 2. The largest absolute Gasteiger partial charge is 0.353 e. The number of hydrogen-bond acceptors (Lipinski definition) is 4. The second kappa shape index (κ2) is 8.38. The van der Waals surface area contributed by atoms with E-state index in [-0.39, 0.29) is 23.5 Å². The zero-order valence-electron chi connectivity index (χ0n) is 18.8. The predicted octanol–water partition coefficient (Wildman–Crippen LogP) is 4.83. The lowest BCUT2D eigenvalue weighted by Gasteiger charge is -2.15. The van der Waals surface area contributed by atoms with Crippen molar-refractivity contribution in [3.8, 4) is 0 Å². The van der Waals surface area contributed by atoms with Gasteiger partial charge in [-0.05, 0) is 57.5 Å². The summed E-state index contributed by atoms with van der Waals surface area (Å²) < 4.78 is 0. The number of fused-ring (bicyclic) bond motifs is 1. The Morgan fingerprint density at radius 2 is 1.91 bits per heavy atom. The molecule has 3 aromatic rings. The van der Waals surface area contributed by atoms with Gasteiger partial charge in [-0.15, -0.1) is 0 Å². The van der Waals surface area contributed by atoms with E-state index in [4.69, 9.17) is 0 Å². The van der Waals surface area contributed by atoms with Crippen LogP contribution in [0.4, 0.5) is 11.4 Å². The molecule has 33 heavy (non-hydrogen) atoms. The first-order valence-corrected chi connectivity index (χ1v) is 10.5. The van der Waals surface area contributed by atoms with Crippen LogP contribution in [-0.4, -0.2) is 21.7 Å². The fourth-order valence-corrected chi connectivity index (χ4v) is 4.10. The van der Waals surface area contributed by atoms with Crippen molar-refractivity contribution >= 4 is 34.8 Å². The van der Waals surface area contributed by atoms with Crippen molar-refractivity contribution in [2.45, 2.75) is 33.7 Å². The van der Waals surface area contributed by atoms with Crippen LogP contribution < -0.4 is 10.6 Å². The minimum absolute atomic E-state index is 0.00116. The number of aromatic nitrogens is 1. The average Bonchev–Trinajstić information content (AvgIpc) is 3.22. The van der Waals surface area contributed by atoms with Crippen LogP contribution in [0.15, 0.2) is 42.5 Å². The van der Waals surface area contributed by atoms with Crippen molar-refractivity contribution in [1.29, 1.82) is 0 Å². The maximum atomic E-state index is 12.9. The number of rotatable bonds is 5. The first-order valence-electron chi connectivity index (χ1n) is 10.5. The number of benzene rings is 2. The Hall–Kier alpha value is -4.20. The van der Waals surface area contributed by atoms with Crippen molar-refractivity contribution in [1.82, 2.24) is 10.3 Å². The van der Waals surface area contributed by atoms with E-state index in [1.54, 1.807) is 38.1 Å². The van der Waals surface area contributed by atoms with Gasteiger partial charge < -0.3 is 15.6 Å². The highest BCUT2D eigenvalue weighted by Crippen LogP contribution is 2.36. The van der Waals surface area contributed by atoms with E-state index < -0.39 is 4.92 Å². The van der Waals surface area contributed by atoms with E-state index in [2.05, 4.69) is 15.6 Å². The predicted molar refractivity (Wildman–Crippen MR) is 127 cm³/mol. The van der Waals surface area contributed by atoms with Crippen LogP contribution in [0.25, 0.3) is 11.6 Å². The third-order valence-corrected chi connectivity index (χ3v) is 5.86. The molecule has 2 aromatic carbocycles. The number of carbonyl (C=O) groups excluding carboxylic acids is 2. The molecular weight excluding hydrogens is 420 g/mol. The molecule has 1 aromatic heterocycles. The fraction of sp³-hybridized carbons (Fsp3) is 0.200. The Kier molecular flexibility index (Phi) is 5.59. The number of hydrogen-bond donors (Lipinski definition) is 3. The SMILES string of the molecule is Cc1cccc([C@@H](C)NC(=O)c2ccc3c(c2)/C(=C/c2[nH]c(C)c([N+](=O)[O-])c2C)C(=O)N3)c1. The van der Waals surface area contributed by atoms with Gasteiger partial charge in [-0.1, -0.05) is 29.8 Å². The van der Waals surface area contributed by atoms with Gasteiger partial charge in [0.1, 0.15) is 0 Å². The first kappa shape index (κ1) is 22.0. The Labute approximate surface area is 190 Å². The van der Waals surface area contributed by atoms with Gasteiger partial charge in [-0.3, -0.25) is 19.7 Å². The average molecular weight is 444 g/mol. The lowest BCUT2D eigenvalue weighted by molar-refractivity contribution is -0.385. The normalized spacial score (nSPS) is 14.7. The highest BCUT2D eigenvalue weighted by atomic mass is 16.6. The molecule has 0 aliphatic carbocycles. The standard InChI is InChI=1S/C25H24N4O4/c1-13-6-5-7-17(10-13)15(3)27-24(30)18-8-9-21-19(11-18)20(25(31)28-21)12-22-14(2)23(29(32)33)16(4)26-22/h5-12,15,26H,1-4H3,(H,27,30)(H,28,31)/b20-12-/t15-/m1/s1. The summed E-state index contributed by atoms with van der Waals surface area (Å²) in [7, 11) is 0. The van der Waals surface area contributed by atoms with Crippen LogP contribution in [0.3, 0.4) is 0 Å². The molecule has 1 atom stereocenters. The summed E-state index contributed by atoms with van der Waals surface area (Å²) in [5.74, 6) is -0.585. The van der Waals surface area contributed by atoms with Crippen LogP contribution in [-0.2, 0) is 4.79 Å². The third-order valence-electron chi connectivity index (χ3n) is 5.86. The molecule has 4 rings (SSSR count). The molecule has 8 nitrogen and oxygen atoms in total. The van der Waals surface area contributed by atoms with Crippen LogP contribution in [0.5, 0.6) is 0 Å². The molecular formula is C25H24N4O4. The monoisotopic (exact) mass is 444 g/mol. The topological polar surface area (TPSA) is 117 Å². The number of nitrogens with zero attached hydrogens (tertiary/aromatic N) is 1. The molecule has 0 saturated heterocycles. The molecule has 0 radical (unpaired) electrons. The van der Waals surface area contributed by atoms with Crippen molar-refractivity contribution < 1.29 is 14.5 Å². The molecule has 0 fully saturated rings. The van der Waals surface area contributed by atoms with Crippen molar-refractivity contribution in [3.05, 3.63) is 91.8 Å². The Morgan fingerprint density at radius 3 is 2.58 bits per heavy atom. The van der Waals surface area contributed by atoms with Crippen LogP contribution in [0, 0.1) is 30.9 Å². The molecule has 1 aliphatic rings. The highest BCUT2D eigenvalue weighted by Gasteiger charge is 2.27. The van der Waals surface area contributed by atoms with Crippen LogP contribution >= 0.6 is 0 Å². The zero-order chi connectivity index (χ0) is 23.9. The summed E-state index contributed by atoms with van der Waals surface area (Å²) in [5.41, 5.74) is 5.38. The number of aromatic amines is 1. The van der Waals surface area contributed by atoms with E-state index in [9.17, 15) is 19.7 Å². The fourth-order valence-electron chi connectivity index (χ4n) is 4.10. The van der Waals surface area contributed by atoms with E-state index in [1.807, 2.05) is 38.1 Å². The summed E-state index contributed by atoms with van der Waals surface area (Å²) in [4.78, 5) is 39.4. The maximum Gasteiger partial charge on any atom is 0.293 e. The summed E-state index contributed by atoms with van der Waals surface area (Å²) in [6, 6.07) is 12.8. The van der Waals surface area contributed by atoms with Gasteiger partial charge in [0, 0.05) is 22.5 Å². The third kappa shape index (κ3) is 4.15. The minimum Gasteiger partial charge on any atom is -0.353 e. The smallest absolute Gasteiger partial charge is 0.293 e. The molecule has 1 aliphatic heterocycles. The summed E-state index contributed by atoms with van der Waals surface area (Å²) in [5, 5.41) is 17.1. The molecule has 8 heteroatoms. The second-order valence-electron chi connectivity index (χ2n) is 8.28. The molecule has 0 bridgehead atoms. The number of nitro groups is 1. The van der Waals surface area contributed by atoms with Gasteiger partial charge in [-0.2, -0.15) is 0 Å².